The van der Waals surface area contributed by atoms with Crippen LogP contribution in [0.1, 0.15) is 18.1 Å². The Kier molecular flexibility index (Phi) is 5.81. The van der Waals surface area contributed by atoms with Gasteiger partial charge in [0, 0.05) is 29.1 Å². The molecule has 2 aromatic carbocycles. The SMILES string of the molecule is Cc1cc2c(NC[C@@H](C)O)ncnc2cc1OCc1cccc(S(C)(=N)=O)c1. The lowest BCUT2D eigenvalue weighted by Crippen LogP contribution is -2.16. The van der Waals surface area contributed by atoms with Gasteiger partial charge >= 0.3 is 0 Å². The Morgan fingerprint density at radius 1 is 1.29 bits per heavy atom. The van der Waals surface area contributed by atoms with Gasteiger partial charge < -0.3 is 15.2 Å². The molecule has 0 aliphatic carbocycles. The van der Waals surface area contributed by atoms with E-state index in [2.05, 4.69) is 15.3 Å². The number of hydrogen-bond donors (Lipinski definition) is 3. The van der Waals surface area contributed by atoms with E-state index in [1.54, 1.807) is 25.1 Å². The molecule has 148 valence electrons. The summed E-state index contributed by atoms with van der Waals surface area (Å²) >= 11 is 0. The predicted octanol–water partition coefficient (Wildman–Crippen LogP) is 3.35. The fraction of sp³-hybridized carbons (Fsp3) is 0.300. The molecular weight excluding hydrogens is 376 g/mol. The van der Waals surface area contributed by atoms with E-state index in [0.29, 0.717) is 29.6 Å². The molecule has 2 atom stereocenters. The van der Waals surface area contributed by atoms with Crippen molar-refractivity contribution in [3.63, 3.8) is 0 Å². The lowest BCUT2D eigenvalue weighted by atomic mass is 10.1. The molecule has 0 aliphatic heterocycles. The number of ether oxygens (including phenoxy) is 1. The van der Waals surface area contributed by atoms with Crippen molar-refractivity contribution in [2.45, 2.75) is 31.5 Å². The van der Waals surface area contributed by atoms with Crippen LogP contribution in [0.5, 0.6) is 5.75 Å². The molecule has 1 unspecified atom stereocenters. The van der Waals surface area contributed by atoms with Crippen molar-refractivity contribution in [1.29, 1.82) is 4.78 Å². The predicted molar refractivity (Wildman–Crippen MR) is 110 cm³/mol. The lowest BCUT2D eigenvalue weighted by molar-refractivity contribution is 0.208. The second kappa shape index (κ2) is 8.12. The van der Waals surface area contributed by atoms with Crippen LogP contribution in [0.15, 0.2) is 47.6 Å². The summed E-state index contributed by atoms with van der Waals surface area (Å²) in [5.41, 5.74) is 2.51. The zero-order chi connectivity index (χ0) is 20.3. The Morgan fingerprint density at radius 3 is 2.79 bits per heavy atom. The standard InChI is InChI=1S/C20H24N4O3S/c1-13-7-17-18(23-12-24-20(17)22-10-14(2)25)9-19(13)27-11-15-5-4-6-16(8-15)28(3,21)26/h4-9,12,14,21,25H,10-11H2,1-3H3,(H,22,23,24)/t14-,28?/m1/s1. The van der Waals surface area contributed by atoms with E-state index in [0.717, 1.165) is 22.0 Å². The van der Waals surface area contributed by atoms with Gasteiger partial charge in [-0.3, -0.25) is 0 Å². The lowest BCUT2D eigenvalue weighted by Gasteiger charge is -2.14. The summed E-state index contributed by atoms with van der Waals surface area (Å²) in [6, 6.07) is 10.9. The molecule has 0 fully saturated rings. The molecular formula is C20H24N4O3S. The molecule has 3 aromatic rings. The van der Waals surface area contributed by atoms with E-state index >= 15 is 0 Å². The molecule has 0 aliphatic rings. The van der Waals surface area contributed by atoms with Crippen molar-refractivity contribution in [3.8, 4) is 5.75 Å². The Balaban J connectivity index is 1.83. The van der Waals surface area contributed by atoms with E-state index in [-0.39, 0.29) is 0 Å². The van der Waals surface area contributed by atoms with Crippen molar-refractivity contribution in [1.82, 2.24) is 9.97 Å². The van der Waals surface area contributed by atoms with Crippen LogP contribution in [0, 0.1) is 11.7 Å². The van der Waals surface area contributed by atoms with Crippen molar-refractivity contribution in [3.05, 3.63) is 53.9 Å². The normalized spacial score (nSPS) is 14.4. The molecule has 1 heterocycles. The maximum absolute atomic E-state index is 11.9. The van der Waals surface area contributed by atoms with Crippen molar-refractivity contribution in [2.75, 3.05) is 18.1 Å². The number of aryl methyl sites for hydroxylation is 1. The number of rotatable bonds is 7. The highest BCUT2D eigenvalue weighted by Gasteiger charge is 2.10. The highest BCUT2D eigenvalue weighted by molar-refractivity contribution is 7.91. The number of nitrogens with one attached hydrogen (secondary N) is 2. The zero-order valence-electron chi connectivity index (χ0n) is 16.1. The molecule has 7 nitrogen and oxygen atoms in total. The van der Waals surface area contributed by atoms with E-state index in [9.17, 15) is 9.32 Å². The van der Waals surface area contributed by atoms with Crippen LogP contribution in [-0.2, 0) is 16.3 Å². The van der Waals surface area contributed by atoms with Gasteiger partial charge in [0.05, 0.1) is 21.3 Å². The average molecular weight is 401 g/mol. The third-order valence-corrected chi connectivity index (χ3v) is 5.39. The number of hydrogen-bond acceptors (Lipinski definition) is 7. The van der Waals surface area contributed by atoms with Crippen LogP contribution in [-0.4, -0.2) is 38.2 Å². The molecule has 1 aromatic heterocycles. The minimum absolute atomic E-state index is 0.300. The Bertz CT molecular complexity index is 1100. The molecule has 0 saturated carbocycles. The van der Waals surface area contributed by atoms with Crippen LogP contribution < -0.4 is 10.1 Å². The van der Waals surface area contributed by atoms with E-state index in [4.69, 9.17) is 9.52 Å². The maximum Gasteiger partial charge on any atom is 0.137 e. The maximum atomic E-state index is 11.9. The number of benzene rings is 2. The van der Waals surface area contributed by atoms with Gasteiger partial charge in [-0.2, -0.15) is 0 Å². The van der Waals surface area contributed by atoms with Gasteiger partial charge in [0.15, 0.2) is 0 Å². The summed E-state index contributed by atoms with van der Waals surface area (Å²) in [6.07, 6.45) is 2.40. The Labute approximate surface area is 164 Å². The molecule has 0 amide bonds. The Morgan fingerprint density at radius 2 is 2.07 bits per heavy atom. The second-order valence-electron chi connectivity index (χ2n) is 6.87. The van der Waals surface area contributed by atoms with Gasteiger partial charge in [-0.05, 0) is 43.2 Å². The van der Waals surface area contributed by atoms with E-state index in [1.165, 1.54) is 12.6 Å². The minimum Gasteiger partial charge on any atom is -0.489 e. The monoisotopic (exact) mass is 400 g/mol. The molecule has 28 heavy (non-hydrogen) atoms. The molecule has 3 rings (SSSR count). The highest BCUT2D eigenvalue weighted by atomic mass is 32.2. The first-order chi connectivity index (χ1) is 13.2. The minimum atomic E-state index is -2.76. The third-order valence-electron chi connectivity index (χ3n) is 4.24. The second-order valence-corrected chi connectivity index (χ2v) is 9.03. The van der Waals surface area contributed by atoms with Crippen LogP contribution in [0.25, 0.3) is 10.9 Å². The largest absolute Gasteiger partial charge is 0.489 e. The molecule has 0 spiro atoms. The summed E-state index contributed by atoms with van der Waals surface area (Å²) in [5, 5.41) is 13.5. The van der Waals surface area contributed by atoms with Crippen molar-refractivity contribution in [2.24, 2.45) is 0 Å². The number of anilines is 1. The van der Waals surface area contributed by atoms with Gasteiger partial charge in [0.1, 0.15) is 24.5 Å². The van der Waals surface area contributed by atoms with Gasteiger partial charge in [-0.1, -0.05) is 12.1 Å². The number of nitrogens with zero attached hydrogens (tertiary/aromatic N) is 2. The number of aliphatic hydroxyl groups is 1. The summed E-state index contributed by atoms with van der Waals surface area (Å²) in [4.78, 5) is 9.06. The molecule has 0 bridgehead atoms. The number of aromatic nitrogens is 2. The molecule has 3 N–H and O–H groups in total. The van der Waals surface area contributed by atoms with Crippen molar-refractivity contribution < 1.29 is 14.1 Å². The Hall–Kier alpha value is -2.71. The number of aliphatic hydroxyl groups excluding tert-OH is 1. The van der Waals surface area contributed by atoms with Crippen LogP contribution in [0.3, 0.4) is 0 Å². The van der Waals surface area contributed by atoms with Gasteiger partial charge in [-0.25, -0.2) is 19.0 Å². The van der Waals surface area contributed by atoms with Crippen LogP contribution in [0.2, 0.25) is 0 Å². The van der Waals surface area contributed by atoms with E-state index in [1.807, 2.05) is 25.1 Å². The van der Waals surface area contributed by atoms with Crippen molar-refractivity contribution >= 4 is 26.4 Å². The molecule has 0 radical (unpaired) electrons. The third kappa shape index (κ3) is 4.76. The molecule has 0 saturated heterocycles. The van der Waals surface area contributed by atoms with Crippen LogP contribution in [0.4, 0.5) is 5.82 Å². The average Bonchev–Trinajstić information content (AvgIpc) is 2.64. The molecule has 8 heteroatoms. The summed E-state index contributed by atoms with van der Waals surface area (Å²) in [6.45, 7) is 4.35. The fourth-order valence-corrected chi connectivity index (χ4v) is 3.49. The first-order valence-electron chi connectivity index (χ1n) is 8.87. The smallest absolute Gasteiger partial charge is 0.137 e. The summed E-state index contributed by atoms with van der Waals surface area (Å²) in [7, 11) is -2.76. The zero-order valence-corrected chi connectivity index (χ0v) is 16.9. The summed E-state index contributed by atoms with van der Waals surface area (Å²) < 4.78 is 25.6. The highest BCUT2D eigenvalue weighted by Crippen LogP contribution is 2.28. The van der Waals surface area contributed by atoms with Gasteiger partial charge in [0.25, 0.3) is 0 Å². The topological polar surface area (TPSA) is 108 Å². The van der Waals surface area contributed by atoms with Gasteiger partial charge in [-0.15, -0.1) is 0 Å². The quantitative estimate of drug-likeness (QED) is 0.561. The fourth-order valence-electron chi connectivity index (χ4n) is 2.77. The number of fused-ring (bicyclic) bond motifs is 1. The summed E-state index contributed by atoms with van der Waals surface area (Å²) in [5.74, 6) is 1.36. The van der Waals surface area contributed by atoms with E-state index < -0.39 is 15.8 Å². The first kappa shape index (κ1) is 20.0. The first-order valence-corrected chi connectivity index (χ1v) is 10.8. The van der Waals surface area contributed by atoms with Gasteiger partial charge in [0.2, 0.25) is 0 Å². The van der Waals surface area contributed by atoms with Crippen LogP contribution >= 0.6 is 0 Å².